The van der Waals surface area contributed by atoms with Crippen molar-refractivity contribution < 1.29 is 23.9 Å². The standard InChI is InChI=1S/C29H37ClN4O5/c1-39-24-10-9-19(30)25-18(24)14-21(32-25)28(38)34-16-29(11-5-2-6-12-29)15-22(34)27(37)33-20(26(31)36)13-17-7-3-4-8-23(17)35/h9-10,14,17,20,22,32H,2-8,11-13,15-16H2,1H3,(H2,31,36)(H,33,37)/t17-,20-,22?/m0/s1. The smallest absolute Gasteiger partial charge is 0.271 e. The van der Waals surface area contributed by atoms with Crippen molar-refractivity contribution in [3.05, 3.63) is 28.9 Å². The zero-order chi connectivity index (χ0) is 27.7. The number of ether oxygens (including phenoxy) is 1. The lowest BCUT2D eigenvalue weighted by molar-refractivity contribution is -0.131. The van der Waals surface area contributed by atoms with Crippen LogP contribution in [-0.4, -0.2) is 59.1 Å². The molecule has 1 aliphatic heterocycles. The van der Waals surface area contributed by atoms with Gasteiger partial charge in [-0.05, 0) is 62.1 Å². The number of halogens is 1. The second kappa shape index (κ2) is 11.2. The van der Waals surface area contributed by atoms with E-state index in [1.165, 1.54) is 0 Å². The van der Waals surface area contributed by atoms with E-state index in [1.807, 2.05) is 0 Å². The van der Waals surface area contributed by atoms with Gasteiger partial charge in [0.25, 0.3) is 5.91 Å². The van der Waals surface area contributed by atoms with Crippen LogP contribution in [0, 0.1) is 11.3 Å². The second-order valence-corrected chi connectivity index (χ2v) is 12.0. The first-order valence-corrected chi connectivity index (χ1v) is 14.4. The van der Waals surface area contributed by atoms with Crippen molar-refractivity contribution in [1.29, 1.82) is 0 Å². The number of H-pyrrole nitrogens is 1. The molecule has 3 aliphatic rings. The molecule has 1 unspecified atom stereocenters. The molecular formula is C29H37ClN4O5. The van der Waals surface area contributed by atoms with Gasteiger partial charge in [-0.15, -0.1) is 0 Å². The first-order valence-electron chi connectivity index (χ1n) is 14.0. The minimum absolute atomic E-state index is 0.119. The Bertz CT molecular complexity index is 1280. The van der Waals surface area contributed by atoms with Crippen molar-refractivity contribution in [3.8, 4) is 5.75 Å². The van der Waals surface area contributed by atoms with Gasteiger partial charge in [-0.3, -0.25) is 19.2 Å². The number of likely N-dealkylation sites (tertiary alicyclic amines) is 1. The number of fused-ring (bicyclic) bond motifs is 1. The monoisotopic (exact) mass is 556 g/mol. The van der Waals surface area contributed by atoms with Crippen LogP contribution in [0.25, 0.3) is 10.9 Å². The van der Waals surface area contributed by atoms with Crippen LogP contribution in [0.3, 0.4) is 0 Å². The van der Waals surface area contributed by atoms with Crippen molar-refractivity contribution in [3.63, 3.8) is 0 Å². The van der Waals surface area contributed by atoms with Crippen LogP contribution >= 0.6 is 11.6 Å². The third kappa shape index (κ3) is 5.51. The fraction of sp³-hybridized carbons (Fsp3) is 0.586. The van der Waals surface area contributed by atoms with Crippen LogP contribution in [0.15, 0.2) is 18.2 Å². The first-order chi connectivity index (χ1) is 18.7. The number of rotatable bonds is 7. The van der Waals surface area contributed by atoms with Gasteiger partial charge in [0, 0.05) is 24.3 Å². The molecular weight excluding hydrogens is 520 g/mol. The highest BCUT2D eigenvalue weighted by molar-refractivity contribution is 6.35. The Kier molecular flexibility index (Phi) is 7.89. The number of aromatic amines is 1. The predicted octanol–water partition coefficient (Wildman–Crippen LogP) is 4.11. The summed E-state index contributed by atoms with van der Waals surface area (Å²) >= 11 is 6.39. The Morgan fingerprint density at radius 1 is 1.21 bits per heavy atom. The van der Waals surface area contributed by atoms with Gasteiger partial charge in [-0.2, -0.15) is 0 Å². The van der Waals surface area contributed by atoms with Crippen molar-refractivity contribution >= 4 is 46.0 Å². The van der Waals surface area contributed by atoms with E-state index in [4.69, 9.17) is 22.1 Å². The number of benzene rings is 1. The number of carbonyl (C=O) groups excluding carboxylic acids is 4. The summed E-state index contributed by atoms with van der Waals surface area (Å²) in [5, 5.41) is 3.98. The van der Waals surface area contributed by atoms with E-state index in [1.54, 1.807) is 30.2 Å². The van der Waals surface area contributed by atoms with Gasteiger partial charge >= 0.3 is 0 Å². The molecule has 9 nitrogen and oxygen atoms in total. The van der Waals surface area contributed by atoms with Crippen molar-refractivity contribution in [2.24, 2.45) is 17.1 Å². The number of primary amides is 1. The Balaban J connectivity index is 1.41. The van der Waals surface area contributed by atoms with E-state index in [9.17, 15) is 19.2 Å². The van der Waals surface area contributed by atoms with Gasteiger partial charge in [-0.25, -0.2) is 0 Å². The lowest BCUT2D eigenvalue weighted by Gasteiger charge is -2.32. The Labute approximate surface area is 233 Å². The molecule has 39 heavy (non-hydrogen) atoms. The molecule has 1 saturated heterocycles. The maximum atomic E-state index is 13.9. The van der Waals surface area contributed by atoms with Crippen molar-refractivity contribution in [1.82, 2.24) is 15.2 Å². The third-order valence-corrected chi connectivity index (χ3v) is 9.32. The average Bonchev–Trinajstić information content (AvgIpc) is 3.53. The number of methoxy groups -OCH3 is 1. The highest BCUT2D eigenvalue weighted by Crippen LogP contribution is 2.47. The number of Topliss-reactive ketones (excluding diaryl/α,β-unsaturated/α-hetero) is 1. The minimum Gasteiger partial charge on any atom is -0.496 e. The molecule has 1 spiro atoms. The van der Waals surface area contributed by atoms with Crippen LogP contribution in [0.2, 0.25) is 5.02 Å². The Morgan fingerprint density at radius 3 is 2.67 bits per heavy atom. The van der Waals surface area contributed by atoms with E-state index in [0.717, 1.165) is 44.9 Å². The van der Waals surface area contributed by atoms with Crippen LogP contribution in [0.4, 0.5) is 0 Å². The maximum absolute atomic E-state index is 13.9. The number of nitrogens with zero attached hydrogens (tertiary/aromatic N) is 1. The normalized spacial score (nSPS) is 23.6. The van der Waals surface area contributed by atoms with Gasteiger partial charge in [0.2, 0.25) is 11.8 Å². The number of ketones is 1. The summed E-state index contributed by atoms with van der Waals surface area (Å²) in [5.74, 6) is -0.940. The zero-order valence-electron chi connectivity index (χ0n) is 22.4. The highest BCUT2D eigenvalue weighted by atomic mass is 35.5. The van der Waals surface area contributed by atoms with E-state index >= 15 is 0 Å². The van der Waals surface area contributed by atoms with Crippen LogP contribution in [0.5, 0.6) is 5.75 Å². The number of hydrogen-bond donors (Lipinski definition) is 3. The van der Waals surface area contributed by atoms with Gasteiger partial charge in [-0.1, -0.05) is 37.3 Å². The number of amides is 3. The molecule has 0 radical (unpaired) electrons. The molecule has 10 heteroatoms. The van der Waals surface area contributed by atoms with E-state index < -0.39 is 23.9 Å². The predicted molar refractivity (Wildman–Crippen MR) is 148 cm³/mol. The number of nitrogens with two attached hydrogens (primary N) is 1. The second-order valence-electron chi connectivity index (χ2n) is 11.5. The summed E-state index contributed by atoms with van der Waals surface area (Å²) in [6.07, 6.45) is 8.86. The summed E-state index contributed by atoms with van der Waals surface area (Å²) in [5.41, 5.74) is 6.45. The maximum Gasteiger partial charge on any atom is 0.271 e. The number of aromatic nitrogens is 1. The molecule has 1 aromatic carbocycles. The molecule has 2 aromatic rings. The van der Waals surface area contributed by atoms with Crippen LogP contribution in [0.1, 0.15) is 81.1 Å². The molecule has 3 fully saturated rings. The van der Waals surface area contributed by atoms with Crippen LogP contribution in [-0.2, 0) is 14.4 Å². The van der Waals surface area contributed by atoms with Gasteiger partial charge in [0.15, 0.2) is 0 Å². The SMILES string of the molecule is COc1ccc(Cl)c2[nH]c(C(=O)N3CC4(CCCCC4)CC3C(=O)N[C@@H](C[C@@H]3CCCCC3=O)C(N)=O)cc12. The van der Waals surface area contributed by atoms with Crippen LogP contribution < -0.4 is 15.8 Å². The zero-order valence-corrected chi connectivity index (χ0v) is 23.1. The molecule has 1 aromatic heterocycles. The van der Waals surface area contributed by atoms with E-state index in [2.05, 4.69) is 10.3 Å². The lowest BCUT2D eigenvalue weighted by atomic mass is 9.72. The molecule has 0 bridgehead atoms. The highest BCUT2D eigenvalue weighted by Gasteiger charge is 2.49. The number of carbonyl (C=O) groups is 4. The molecule has 5 rings (SSSR count). The molecule has 4 N–H and O–H groups in total. The minimum atomic E-state index is -0.958. The van der Waals surface area contributed by atoms with Gasteiger partial charge < -0.3 is 25.7 Å². The summed E-state index contributed by atoms with van der Waals surface area (Å²) < 4.78 is 5.45. The first kappa shape index (κ1) is 27.5. The quantitative estimate of drug-likeness (QED) is 0.471. The summed E-state index contributed by atoms with van der Waals surface area (Å²) in [7, 11) is 1.56. The third-order valence-electron chi connectivity index (χ3n) is 9.00. The Hall–Kier alpha value is -3.07. The lowest BCUT2D eigenvalue weighted by Crippen LogP contribution is -2.53. The summed E-state index contributed by atoms with van der Waals surface area (Å²) in [6.45, 7) is 0.465. The van der Waals surface area contributed by atoms with E-state index in [-0.39, 0.29) is 29.4 Å². The molecule has 3 amide bonds. The molecule has 3 atom stereocenters. The molecule has 210 valence electrons. The average molecular weight is 557 g/mol. The molecule has 2 saturated carbocycles. The number of hydrogen-bond acceptors (Lipinski definition) is 5. The molecule has 2 aliphatic carbocycles. The van der Waals surface area contributed by atoms with Gasteiger partial charge in [0.05, 0.1) is 17.6 Å². The number of nitrogens with one attached hydrogen (secondary N) is 2. The van der Waals surface area contributed by atoms with E-state index in [0.29, 0.717) is 53.2 Å². The topological polar surface area (TPSA) is 135 Å². The Morgan fingerprint density at radius 2 is 1.97 bits per heavy atom. The van der Waals surface area contributed by atoms with Crippen molar-refractivity contribution in [2.75, 3.05) is 13.7 Å². The fourth-order valence-corrected chi connectivity index (χ4v) is 7.09. The largest absolute Gasteiger partial charge is 0.496 e. The summed E-state index contributed by atoms with van der Waals surface area (Å²) in [6, 6.07) is 3.46. The molecule has 2 heterocycles. The fourth-order valence-electron chi connectivity index (χ4n) is 6.88. The van der Waals surface area contributed by atoms with Gasteiger partial charge in [0.1, 0.15) is 29.3 Å². The summed E-state index contributed by atoms with van der Waals surface area (Å²) in [4.78, 5) is 57.2. The van der Waals surface area contributed by atoms with Crippen molar-refractivity contribution in [2.45, 2.75) is 82.7 Å².